The highest BCUT2D eigenvalue weighted by Gasteiger charge is 2.26. The van der Waals surface area contributed by atoms with Crippen molar-refractivity contribution >= 4 is 49.1 Å². The lowest BCUT2D eigenvalue weighted by atomic mass is 10.2. The first-order valence-electron chi connectivity index (χ1n) is 13.0. The van der Waals surface area contributed by atoms with Crippen molar-refractivity contribution < 1.29 is 13.2 Å². The van der Waals surface area contributed by atoms with E-state index in [2.05, 4.69) is 27.9 Å². The number of aliphatic imine (C=N–C) groups is 1. The van der Waals surface area contributed by atoms with Gasteiger partial charge in [0.25, 0.3) is 0 Å². The summed E-state index contributed by atoms with van der Waals surface area (Å²) in [6, 6.07) is 6.36. The van der Waals surface area contributed by atoms with Crippen molar-refractivity contribution in [1.29, 1.82) is 0 Å². The summed E-state index contributed by atoms with van der Waals surface area (Å²) < 4.78 is 27.0. The summed E-state index contributed by atoms with van der Waals surface area (Å²) in [5.74, 6) is 1.13. The van der Waals surface area contributed by atoms with Gasteiger partial charge in [0, 0.05) is 70.1 Å². The first kappa shape index (κ1) is 25.6. The Morgan fingerprint density at radius 1 is 1.14 bits per heavy atom. The molecule has 2 fully saturated rings. The Morgan fingerprint density at radius 3 is 2.53 bits per heavy atom. The molecule has 1 aliphatic carbocycles. The van der Waals surface area contributed by atoms with Gasteiger partial charge in [-0.15, -0.1) is 11.8 Å². The summed E-state index contributed by atoms with van der Waals surface area (Å²) in [7, 11) is -1.26. The van der Waals surface area contributed by atoms with Gasteiger partial charge in [-0.1, -0.05) is 12.8 Å². The average Bonchev–Trinajstić information content (AvgIpc) is 3.58. The van der Waals surface area contributed by atoms with E-state index in [1.807, 2.05) is 4.90 Å². The molecule has 1 aromatic carbocycles. The van der Waals surface area contributed by atoms with Crippen LogP contribution in [0.2, 0.25) is 0 Å². The molecule has 3 heterocycles. The number of sulfone groups is 1. The molecule has 5 rings (SSSR count). The van der Waals surface area contributed by atoms with Crippen molar-refractivity contribution in [2.45, 2.75) is 56.0 Å². The molecule has 8 nitrogen and oxygen atoms in total. The number of carbonyl (C=O) groups excluding carboxylic acids is 1. The van der Waals surface area contributed by atoms with E-state index in [1.165, 1.54) is 19.1 Å². The number of thioether (sulfide) groups is 1. The molecule has 0 bridgehead atoms. The number of hydrogen-bond acceptors (Lipinski definition) is 7. The van der Waals surface area contributed by atoms with Crippen LogP contribution in [0.1, 0.15) is 44.7 Å². The zero-order valence-corrected chi connectivity index (χ0v) is 23.1. The number of nitrogens with one attached hydrogen (secondary N) is 1. The van der Waals surface area contributed by atoms with Gasteiger partial charge in [0.15, 0.2) is 9.84 Å². The molecule has 0 unspecified atom stereocenters. The highest BCUT2D eigenvalue weighted by molar-refractivity contribution is 8.14. The number of hydrogen-bond donors (Lipinski definition) is 1. The fraction of sp³-hybridized carbons (Fsp3) is 0.615. The van der Waals surface area contributed by atoms with Gasteiger partial charge in [-0.25, -0.2) is 8.42 Å². The minimum Gasteiger partial charge on any atom is -0.381 e. The molecule has 3 aliphatic rings. The van der Waals surface area contributed by atoms with Crippen LogP contribution in [-0.4, -0.2) is 90.6 Å². The number of aromatic nitrogens is 1. The second-order valence-corrected chi connectivity index (χ2v) is 13.5. The lowest BCUT2D eigenvalue weighted by molar-refractivity contribution is -0.130. The zero-order valence-electron chi connectivity index (χ0n) is 21.5. The Balaban J connectivity index is 1.34. The van der Waals surface area contributed by atoms with E-state index >= 15 is 0 Å². The summed E-state index contributed by atoms with van der Waals surface area (Å²) in [4.78, 5) is 21.3. The minimum atomic E-state index is -3.32. The third-order valence-corrected chi connectivity index (χ3v) is 10.0. The van der Waals surface area contributed by atoms with Gasteiger partial charge >= 0.3 is 0 Å². The maximum atomic E-state index is 12.4. The predicted molar refractivity (Wildman–Crippen MR) is 148 cm³/mol. The first-order chi connectivity index (χ1) is 17.2. The van der Waals surface area contributed by atoms with Crippen LogP contribution in [0.15, 0.2) is 28.1 Å². The number of anilines is 1. The molecule has 1 amide bonds. The maximum Gasteiger partial charge on any atom is 0.219 e. The molecule has 0 radical (unpaired) electrons. The summed E-state index contributed by atoms with van der Waals surface area (Å²) in [6.07, 6.45) is 6.95. The number of nitrogens with zero attached hydrogens (tertiary/aromatic N) is 4. The highest BCUT2D eigenvalue weighted by Crippen LogP contribution is 2.35. The van der Waals surface area contributed by atoms with Crippen LogP contribution >= 0.6 is 11.8 Å². The van der Waals surface area contributed by atoms with E-state index in [0.29, 0.717) is 10.9 Å². The third kappa shape index (κ3) is 5.45. The molecule has 1 atom stereocenters. The SMILES string of the molecule is CC(=O)N1CCN(CC[C@@H]2CSC(c3cc4cc(S(C)(=O)=O)cc(NC5CCCC5)c4n3C)=N2)CC1. The number of amides is 1. The largest absolute Gasteiger partial charge is 0.381 e. The van der Waals surface area contributed by atoms with E-state index in [9.17, 15) is 13.2 Å². The Hall–Kier alpha value is -2.04. The Morgan fingerprint density at radius 2 is 1.86 bits per heavy atom. The molecule has 10 heteroatoms. The van der Waals surface area contributed by atoms with Crippen LogP contribution in [0.25, 0.3) is 10.9 Å². The molecule has 1 saturated carbocycles. The average molecular weight is 532 g/mol. The molecule has 1 aromatic heterocycles. The third-order valence-electron chi connectivity index (χ3n) is 7.77. The number of carbonyl (C=O) groups is 1. The first-order valence-corrected chi connectivity index (χ1v) is 15.9. The van der Waals surface area contributed by atoms with Crippen molar-refractivity contribution in [1.82, 2.24) is 14.4 Å². The quantitative estimate of drug-likeness (QED) is 0.590. The van der Waals surface area contributed by atoms with E-state index in [1.54, 1.807) is 30.8 Å². The summed E-state index contributed by atoms with van der Waals surface area (Å²) in [5.41, 5.74) is 2.99. The van der Waals surface area contributed by atoms with Crippen LogP contribution in [-0.2, 0) is 21.7 Å². The van der Waals surface area contributed by atoms with Crippen LogP contribution in [0.5, 0.6) is 0 Å². The van der Waals surface area contributed by atoms with E-state index in [-0.39, 0.29) is 11.9 Å². The van der Waals surface area contributed by atoms with Gasteiger partial charge in [-0.2, -0.15) is 0 Å². The summed E-state index contributed by atoms with van der Waals surface area (Å²) in [6.45, 7) is 6.12. The van der Waals surface area contributed by atoms with Gasteiger partial charge in [0.05, 0.1) is 27.8 Å². The number of benzene rings is 1. The number of aryl methyl sites for hydroxylation is 1. The van der Waals surface area contributed by atoms with Crippen molar-refractivity contribution in [2.75, 3.05) is 50.0 Å². The van der Waals surface area contributed by atoms with Crippen LogP contribution in [0.4, 0.5) is 5.69 Å². The van der Waals surface area contributed by atoms with Crippen LogP contribution < -0.4 is 5.32 Å². The number of piperazine rings is 1. The Labute approximate surface area is 218 Å². The summed E-state index contributed by atoms with van der Waals surface area (Å²) >= 11 is 1.79. The second-order valence-electron chi connectivity index (χ2n) is 10.4. The van der Waals surface area contributed by atoms with Crippen molar-refractivity contribution in [3.8, 4) is 0 Å². The minimum absolute atomic E-state index is 0.163. The van der Waals surface area contributed by atoms with E-state index in [4.69, 9.17) is 4.99 Å². The smallest absolute Gasteiger partial charge is 0.219 e. The fourth-order valence-electron chi connectivity index (χ4n) is 5.62. The standard InChI is InChI=1S/C26H37N5O3S2/c1-18(32)31-12-10-30(11-13-31)9-8-21-17-35-26(28-21)24-15-19-14-22(36(3,33)34)16-23(25(19)29(24)2)27-20-6-4-5-7-20/h14-16,20-21,27H,4-13,17H2,1-3H3/t21-/m1/s1. The summed E-state index contributed by atoms with van der Waals surface area (Å²) in [5, 5.41) is 5.63. The molecule has 36 heavy (non-hydrogen) atoms. The van der Waals surface area contributed by atoms with Gasteiger partial charge in [-0.3, -0.25) is 14.7 Å². The molecular formula is C26H37N5O3S2. The lowest BCUT2D eigenvalue weighted by Crippen LogP contribution is -2.48. The second kappa shape index (κ2) is 10.4. The topological polar surface area (TPSA) is 87.0 Å². The maximum absolute atomic E-state index is 12.4. The number of fused-ring (bicyclic) bond motifs is 1. The van der Waals surface area contributed by atoms with Crippen molar-refractivity contribution in [2.24, 2.45) is 12.0 Å². The molecule has 1 N–H and O–H groups in total. The van der Waals surface area contributed by atoms with Gasteiger partial charge in [-0.05, 0) is 37.5 Å². The van der Waals surface area contributed by atoms with Gasteiger partial charge < -0.3 is 14.8 Å². The zero-order chi connectivity index (χ0) is 25.4. The van der Waals surface area contributed by atoms with Crippen LogP contribution in [0, 0.1) is 0 Å². The lowest BCUT2D eigenvalue weighted by Gasteiger charge is -2.34. The fourth-order valence-corrected chi connectivity index (χ4v) is 7.45. The molecule has 196 valence electrons. The normalized spacial score (nSPS) is 21.9. The predicted octanol–water partition coefficient (Wildman–Crippen LogP) is 3.35. The van der Waals surface area contributed by atoms with Crippen molar-refractivity contribution in [3.05, 3.63) is 23.9 Å². The Kier molecular flexibility index (Phi) is 7.38. The molecule has 2 aromatic rings. The molecular weight excluding hydrogens is 494 g/mol. The highest BCUT2D eigenvalue weighted by atomic mass is 32.2. The molecule has 0 spiro atoms. The van der Waals surface area contributed by atoms with Gasteiger partial charge in [0.1, 0.15) is 5.04 Å². The van der Waals surface area contributed by atoms with Crippen LogP contribution in [0.3, 0.4) is 0 Å². The van der Waals surface area contributed by atoms with E-state index < -0.39 is 9.84 Å². The number of rotatable bonds is 7. The molecule has 2 aliphatic heterocycles. The Bertz CT molecular complexity index is 1270. The van der Waals surface area contributed by atoms with Crippen molar-refractivity contribution in [3.63, 3.8) is 0 Å². The van der Waals surface area contributed by atoms with E-state index in [0.717, 1.165) is 85.1 Å². The molecule has 1 saturated heterocycles. The van der Waals surface area contributed by atoms with Gasteiger partial charge in [0.2, 0.25) is 5.91 Å². The monoisotopic (exact) mass is 531 g/mol.